The quantitative estimate of drug-likeness (QED) is 0.819. The molecule has 2 saturated heterocycles. The minimum atomic E-state index is -0.472. The summed E-state index contributed by atoms with van der Waals surface area (Å²) in [6, 6.07) is 3.60. The molecule has 0 radical (unpaired) electrons. The van der Waals surface area contributed by atoms with Gasteiger partial charge in [0.25, 0.3) is 5.56 Å². The minimum absolute atomic E-state index is 0.0193. The molecular weight excluding hydrogens is 316 g/mol. The molecular formula is C20H32N2O3. The van der Waals surface area contributed by atoms with Gasteiger partial charge in [0, 0.05) is 24.4 Å². The largest absolute Gasteiger partial charge is 0.339 e. The van der Waals surface area contributed by atoms with Gasteiger partial charge in [-0.25, -0.2) is 0 Å². The van der Waals surface area contributed by atoms with Crippen molar-refractivity contribution < 1.29 is 9.47 Å². The molecule has 0 aromatic carbocycles. The van der Waals surface area contributed by atoms with Crippen molar-refractivity contribution in [2.75, 3.05) is 19.6 Å². The summed E-state index contributed by atoms with van der Waals surface area (Å²) in [5.41, 5.74) is 0.0452. The SMILES string of the molecule is CC1(C)OC(c2ccn(CCCN3CCCCC3)c(=O)c2)OC1(C)C. The van der Waals surface area contributed by atoms with E-state index in [1.807, 2.05) is 40.0 Å². The molecule has 2 aliphatic rings. The van der Waals surface area contributed by atoms with Crippen molar-refractivity contribution >= 4 is 0 Å². The average molecular weight is 348 g/mol. The molecule has 5 nitrogen and oxygen atoms in total. The van der Waals surface area contributed by atoms with E-state index < -0.39 is 6.29 Å². The maximum Gasteiger partial charge on any atom is 0.250 e. The molecule has 0 N–H and O–H groups in total. The fourth-order valence-electron chi connectivity index (χ4n) is 3.48. The highest BCUT2D eigenvalue weighted by Crippen LogP contribution is 2.44. The Morgan fingerprint density at radius 3 is 2.28 bits per heavy atom. The molecule has 0 unspecified atom stereocenters. The molecule has 1 aromatic rings. The van der Waals surface area contributed by atoms with Gasteiger partial charge in [0.1, 0.15) is 0 Å². The second-order valence-electron chi connectivity index (χ2n) is 8.34. The lowest BCUT2D eigenvalue weighted by Crippen LogP contribution is -2.41. The minimum Gasteiger partial charge on any atom is -0.339 e. The van der Waals surface area contributed by atoms with Crippen molar-refractivity contribution in [1.82, 2.24) is 9.47 Å². The fourth-order valence-corrected chi connectivity index (χ4v) is 3.48. The van der Waals surface area contributed by atoms with Gasteiger partial charge in [-0.05, 0) is 72.7 Å². The van der Waals surface area contributed by atoms with Gasteiger partial charge in [-0.15, -0.1) is 0 Å². The van der Waals surface area contributed by atoms with E-state index in [4.69, 9.17) is 9.47 Å². The van der Waals surface area contributed by atoms with Crippen molar-refractivity contribution in [2.45, 2.75) is 77.4 Å². The number of hydrogen-bond acceptors (Lipinski definition) is 4. The van der Waals surface area contributed by atoms with E-state index in [1.54, 1.807) is 10.6 Å². The predicted octanol–water partition coefficient (Wildman–Crippen LogP) is 3.33. The first-order chi connectivity index (χ1) is 11.8. The van der Waals surface area contributed by atoms with Gasteiger partial charge in [0.15, 0.2) is 6.29 Å². The first kappa shape index (κ1) is 18.6. The van der Waals surface area contributed by atoms with Gasteiger partial charge in [-0.2, -0.15) is 0 Å². The van der Waals surface area contributed by atoms with Crippen molar-refractivity contribution in [3.05, 3.63) is 34.2 Å². The summed E-state index contributed by atoms with van der Waals surface area (Å²) in [5.74, 6) is 0. The third-order valence-corrected chi connectivity index (χ3v) is 5.87. The zero-order valence-corrected chi connectivity index (χ0v) is 16.1. The van der Waals surface area contributed by atoms with Crippen molar-refractivity contribution in [3.8, 4) is 0 Å². The van der Waals surface area contributed by atoms with Crippen LogP contribution in [0.3, 0.4) is 0 Å². The summed E-state index contributed by atoms with van der Waals surface area (Å²) in [6.07, 6.45) is 6.39. The fraction of sp³-hybridized carbons (Fsp3) is 0.750. The summed E-state index contributed by atoms with van der Waals surface area (Å²) in [5, 5.41) is 0. The first-order valence-corrected chi connectivity index (χ1v) is 9.57. The monoisotopic (exact) mass is 348 g/mol. The maximum absolute atomic E-state index is 12.4. The molecule has 5 heteroatoms. The average Bonchev–Trinajstić information content (AvgIpc) is 2.78. The Morgan fingerprint density at radius 1 is 1.04 bits per heavy atom. The molecule has 3 rings (SSSR count). The molecule has 0 spiro atoms. The Hall–Kier alpha value is -1.17. The van der Waals surface area contributed by atoms with E-state index in [1.165, 1.54) is 32.4 Å². The standard InChI is InChI=1S/C20H32N2O3/c1-19(2)20(3,4)25-18(24-19)16-9-14-22(17(23)15-16)13-8-12-21-10-6-5-7-11-21/h9,14-15,18H,5-8,10-13H2,1-4H3. The Bertz CT molecular complexity index is 629. The van der Waals surface area contributed by atoms with Crippen LogP contribution in [-0.4, -0.2) is 40.3 Å². The lowest BCUT2D eigenvalue weighted by molar-refractivity contribution is -0.0897. The zero-order chi connectivity index (χ0) is 18.1. The Kier molecular flexibility index (Phi) is 5.37. The number of aromatic nitrogens is 1. The summed E-state index contributed by atoms with van der Waals surface area (Å²) in [7, 11) is 0. The summed E-state index contributed by atoms with van der Waals surface area (Å²) >= 11 is 0. The highest BCUT2D eigenvalue weighted by molar-refractivity contribution is 5.15. The Balaban J connectivity index is 1.59. The van der Waals surface area contributed by atoms with Gasteiger partial charge in [0.05, 0.1) is 11.2 Å². The lowest BCUT2D eigenvalue weighted by atomic mass is 9.90. The molecule has 3 heterocycles. The number of pyridine rings is 1. The summed E-state index contributed by atoms with van der Waals surface area (Å²) < 4.78 is 13.8. The maximum atomic E-state index is 12.4. The van der Waals surface area contributed by atoms with Gasteiger partial charge < -0.3 is 18.9 Å². The second kappa shape index (κ2) is 7.22. The first-order valence-electron chi connectivity index (χ1n) is 9.57. The van der Waals surface area contributed by atoms with E-state index in [0.717, 1.165) is 25.1 Å². The Labute approximate surface area is 150 Å². The topological polar surface area (TPSA) is 43.7 Å². The molecule has 0 aliphatic carbocycles. The highest BCUT2D eigenvalue weighted by atomic mass is 16.7. The van der Waals surface area contributed by atoms with Crippen LogP contribution in [0.1, 0.15) is 65.2 Å². The molecule has 1 aromatic heterocycles. The van der Waals surface area contributed by atoms with Gasteiger partial charge in [0.2, 0.25) is 0 Å². The predicted molar refractivity (Wildman–Crippen MR) is 98.7 cm³/mol. The van der Waals surface area contributed by atoms with Crippen LogP contribution in [-0.2, 0) is 16.0 Å². The highest BCUT2D eigenvalue weighted by Gasteiger charge is 2.49. The van der Waals surface area contributed by atoms with Crippen LogP contribution < -0.4 is 5.56 Å². The van der Waals surface area contributed by atoms with E-state index in [0.29, 0.717) is 0 Å². The smallest absolute Gasteiger partial charge is 0.250 e. The molecule has 0 saturated carbocycles. The number of ether oxygens (including phenoxy) is 2. The van der Waals surface area contributed by atoms with Crippen LogP contribution in [0.2, 0.25) is 0 Å². The number of rotatable bonds is 5. The molecule has 0 atom stereocenters. The third-order valence-electron chi connectivity index (χ3n) is 5.87. The summed E-state index contributed by atoms with van der Waals surface area (Å²) in [4.78, 5) is 14.9. The zero-order valence-electron chi connectivity index (χ0n) is 16.1. The number of aryl methyl sites for hydroxylation is 1. The van der Waals surface area contributed by atoms with E-state index in [9.17, 15) is 4.79 Å². The van der Waals surface area contributed by atoms with Crippen molar-refractivity contribution in [2.24, 2.45) is 0 Å². The lowest BCUT2D eigenvalue weighted by Gasteiger charge is -2.30. The van der Waals surface area contributed by atoms with Crippen molar-refractivity contribution in [3.63, 3.8) is 0 Å². The molecule has 2 fully saturated rings. The van der Waals surface area contributed by atoms with Crippen LogP contribution in [0.4, 0.5) is 0 Å². The molecule has 2 aliphatic heterocycles. The van der Waals surface area contributed by atoms with Gasteiger partial charge in [-0.3, -0.25) is 4.79 Å². The number of nitrogens with zero attached hydrogens (tertiary/aromatic N) is 2. The second-order valence-corrected chi connectivity index (χ2v) is 8.34. The number of likely N-dealkylation sites (tertiary alicyclic amines) is 1. The molecule has 0 bridgehead atoms. The van der Waals surface area contributed by atoms with E-state index >= 15 is 0 Å². The van der Waals surface area contributed by atoms with Crippen LogP contribution >= 0.6 is 0 Å². The molecule has 25 heavy (non-hydrogen) atoms. The van der Waals surface area contributed by atoms with E-state index in [2.05, 4.69) is 4.90 Å². The van der Waals surface area contributed by atoms with Crippen molar-refractivity contribution in [1.29, 1.82) is 0 Å². The van der Waals surface area contributed by atoms with Crippen LogP contribution in [0.25, 0.3) is 0 Å². The van der Waals surface area contributed by atoms with Crippen LogP contribution in [0, 0.1) is 0 Å². The normalized spacial score (nSPS) is 23.8. The molecule has 140 valence electrons. The third kappa shape index (κ3) is 4.15. The van der Waals surface area contributed by atoms with Gasteiger partial charge in [-0.1, -0.05) is 6.42 Å². The van der Waals surface area contributed by atoms with Crippen LogP contribution in [0.5, 0.6) is 0 Å². The molecule has 0 amide bonds. The number of piperidine rings is 1. The van der Waals surface area contributed by atoms with Crippen LogP contribution in [0.15, 0.2) is 23.1 Å². The Morgan fingerprint density at radius 2 is 1.68 bits per heavy atom. The van der Waals surface area contributed by atoms with E-state index in [-0.39, 0.29) is 16.8 Å². The summed E-state index contributed by atoms with van der Waals surface area (Å²) in [6.45, 7) is 12.3. The van der Waals surface area contributed by atoms with Gasteiger partial charge >= 0.3 is 0 Å². The number of hydrogen-bond donors (Lipinski definition) is 0.